The topological polar surface area (TPSA) is 80.4 Å². The number of benzene rings is 2. The SMILES string of the molecule is O=C(O)c1cccc([N+](=O)[O-])c1[AsH]c1ccccc1. The Hall–Kier alpha value is -2.13. The van der Waals surface area contributed by atoms with Crippen LogP contribution in [0, 0.1) is 10.1 Å². The Morgan fingerprint density at radius 1 is 1.11 bits per heavy atom. The number of carbonyl (C=O) groups is 1. The molecule has 0 bridgehead atoms. The standard InChI is InChI=1S/C13H10AsNO4/c16-13(17)10-7-4-8-11(15(18)19)12(10)14-9-5-2-1-3-6-9/h1-8,14H,(H,16,17). The van der Waals surface area contributed by atoms with Crippen molar-refractivity contribution in [1.82, 2.24) is 0 Å². The second-order valence-electron chi connectivity index (χ2n) is 3.75. The van der Waals surface area contributed by atoms with E-state index in [1.165, 1.54) is 18.2 Å². The van der Waals surface area contributed by atoms with E-state index in [0.717, 1.165) is 4.35 Å². The summed E-state index contributed by atoms with van der Waals surface area (Å²) >= 11 is -1.06. The van der Waals surface area contributed by atoms with Gasteiger partial charge in [-0.1, -0.05) is 0 Å². The maximum absolute atomic E-state index is 11.2. The van der Waals surface area contributed by atoms with Gasteiger partial charge in [0.25, 0.3) is 0 Å². The van der Waals surface area contributed by atoms with Crippen molar-refractivity contribution in [1.29, 1.82) is 0 Å². The van der Waals surface area contributed by atoms with Crippen molar-refractivity contribution < 1.29 is 14.8 Å². The van der Waals surface area contributed by atoms with E-state index in [-0.39, 0.29) is 11.3 Å². The van der Waals surface area contributed by atoms with Gasteiger partial charge in [-0.15, -0.1) is 0 Å². The zero-order valence-corrected chi connectivity index (χ0v) is 11.8. The number of carboxylic acid groups (broad SMARTS) is 1. The molecule has 19 heavy (non-hydrogen) atoms. The van der Waals surface area contributed by atoms with E-state index in [9.17, 15) is 14.9 Å². The van der Waals surface area contributed by atoms with E-state index in [4.69, 9.17) is 5.11 Å². The van der Waals surface area contributed by atoms with Gasteiger partial charge in [0.05, 0.1) is 0 Å². The van der Waals surface area contributed by atoms with Crippen LogP contribution in [0.1, 0.15) is 10.4 Å². The predicted octanol–water partition coefficient (Wildman–Crippen LogP) is 0.680. The summed E-state index contributed by atoms with van der Waals surface area (Å²) in [6, 6.07) is 13.4. The molecule has 0 heterocycles. The summed E-state index contributed by atoms with van der Waals surface area (Å²) in [6.07, 6.45) is 0. The Balaban J connectivity index is 2.52. The first-order chi connectivity index (χ1) is 9.09. The molecule has 0 aliphatic carbocycles. The fourth-order valence-corrected chi connectivity index (χ4v) is 4.34. The molecule has 96 valence electrons. The summed E-state index contributed by atoms with van der Waals surface area (Å²) in [5.41, 5.74) is -0.0817. The fraction of sp³-hybridized carbons (Fsp3) is 0. The summed E-state index contributed by atoms with van der Waals surface area (Å²) in [6.45, 7) is 0. The molecule has 6 heteroatoms. The number of rotatable bonds is 4. The molecule has 0 fully saturated rings. The molecule has 0 aliphatic rings. The monoisotopic (exact) mass is 319 g/mol. The third-order valence-electron chi connectivity index (χ3n) is 2.51. The van der Waals surface area contributed by atoms with Crippen LogP contribution in [-0.2, 0) is 0 Å². The zero-order valence-electron chi connectivity index (χ0n) is 9.74. The van der Waals surface area contributed by atoms with Crippen molar-refractivity contribution in [2.75, 3.05) is 0 Å². The van der Waals surface area contributed by atoms with Crippen LogP contribution in [0.5, 0.6) is 0 Å². The Kier molecular flexibility index (Phi) is 3.97. The number of carboxylic acids is 1. The molecule has 0 aliphatic heterocycles. The molecule has 2 aromatic rings. The molecule has 0 aromatic heterocycles. The summed E-state index contributed by atoms with van der Waals surface area (Å²) in [5.74, 6) is -1.13. The first-order valence-electron chi connectivity index (χ1n) is 5.42. The molecule has 1 unspecified atom stereocenters. The van der Waals surface area contributed by atoms with Crippen molar-refractivity contribution >= 4 is 36.1 Å². The van der Waals surface area contributed by atoms with E-state index < -0.39 is 26.6 Å². The molecule has 0 saturated carbocycles. The van der Waals surface area contributed by atoms with E-state index in [1.807, 2.05) is 30.3 Å². The van der Waals surface area contributed by atoms with Crippen LogP contribution in [0.4, 0.5) is 5.69 Å². The Morgan fingerprint density at radius 2 is 1.79 bits per heavy atom. The third-order valence-corrected chi connectivity index (χ3v) is 5.44. The van der Waals surface area contributed by atoms with Crippen LogP contribution in [0.2, 0.25) is 0 Å². The predicted molar refractivity (Wildman–Crippen MR) is 72.9 cm³/mol. The van der Waals surface area contributed by atoms with Gasteiger partial charge < -0.3 is 0 Å². The van der Waals surface area contributed by atoms with Gasteiger partial charge in [-0.3, -0.25) is 0 Å². The molecule has 2 aromatic carbocycles. The van der Waals surface area contributed by atoms with Crippen LogP contribution >= 0.6 is 0 Å². The van der Waals surface area contributed by atoms with Gasteiger partial charge in [-0.05, 0) is 0 Å². The second-order valence-corrected chi connectivity index (χ2v) is 6.54. The van der Waals surface area contributed by atoms with Crippen LogP contribution in [-0.4, -0.2) is 31.8 Å². The van der Waals surface area contributed by atoms with Crippen molar-refractivity contribution in [3.63, 3.8) is 0 Å². The van der Waals surface area contributed by atoms with Gasteiger partial charge in [0.1, 0.15) is 0 Å². The molecule has 1 atom stereocenters. The molecule has 0 spiro atoms. The van der Waals surface area contributed by atoms with E-state index in [2.05, 4.69) is 0 Å². The van der Waals surface area contributed by atoms with Gasteiger partial charge >= 0.3 is 115 Å². The third kappa shape index (κ3) is 3.01. The minimum atomic E-state index is -1.13. The Bertz CT molecular complexity index is 596. The first kappa shape index (κ1) is 13.3. The van der Waals surface area contributed by atoms with Crippen LogP contribution in [0.25, 0.3) is 0 Å². The molecule has 0 amide bonds. The molecule has 1 N–H and O–H groups in total. The molecule has 0 saturated heterocycles. The van der Waals surface area contributed by atoms with Gasteiger partial charge in [-0.25, -0.2) is 0 Å². The number of hydrogen-bond donors (Lipinski definition) is 1. The molecular weight excluding hydrogens is 309 g/mol. The average Bonchev–Trinajstić information content (AvgIpc) is 2.39. The van der Waals surface area contributed by atoms with Gasteiger partial charge in [0, 0.05) is 0 Å². The average molecular weight is 319 g/mol. The minimum absolute atomic E-state index is 0.0260. The van der Waals surface area contributed by atoms with Gasteiger partial charge in [0.2, 0.25) is 0 Å². The second kappa shape index (κ2) is 5.67. The molecule has 0 radical (unpaired) electrons. The Morgan fingerprint density at radius 3 is 2.37 bits per heavy atom. The molecule has 5 nitrogen and oxygen atoms in total. The number of nitro groups is 1. The van der Waals surface area contributed by atoms with Gasteiger partial charge in [-0.2, -0.15) is 0 Å². The van der Waals surface area contributed by atoms with Crippen molar-refractivity contribution in [2.45, 2.75) is 0 Å². The zero-order chi connectivity index (χ0) is 13.8. The number of nitrogens with zero attached hydrogens (tertiary/aromatic N) is 1. The molecule has 2 rings (SSSR count). The maximum atomic E-state index is 11.2. The van der Waals surface area contributed by atoms with Crippen LogP contribution in [0.3, 0.4) is 0 Å². The summed E-state index contributed by atoms with van der Waals surface area (Å²) < 4.78 is 1.31. The Labute approximate surface area is 115 Å². The number of aromatic carboxylic acids is 1. The van der Waals surface area contributed by atoms with Crippen molar-refractivity contribution in [3.05, 3.63) is 64.2 Å². The van der Waals surface area contributed by atoms with E-state index in [0.29, 0.717) is 4.35 Å². The van der Waals surface area contributed by atoms with E-state index >= 15 is 0 Å². The van der Waals surface area contributed by atoms with Crippen molar-refractivity contribution in [3.8, 4) is 0 Å². The first-order valence-corrected chi connectivity index (χ1v) is 7.52. The van der Waals surface area contributed by atoms with Crippen molar-refractivity contribution in [2.24, 2.45) is 0 Å². The summed E-state index contributed by atoms with van der Waals surface area (Å²) in [4.78, 5) is 21.7. The summed E-state index contributed by atoms with van der Waals surface area (Å²) in [5, 5.41) is 20.2. The van der Waals surface area contributed by atoms with Crippen LogP contribution < -0.4 is 8.70 Å². The normalized spacial score (nSPS) is 10.7. The molecular formula is C13H10AsNO4. The van der Waals surface area contributed by atoms with Gasteiger partial charge in [0.15, 0.2) is 0 Å². The van der Waals surface area contributed by atoms with E-state index in [1.54, 1.807) is 0 Å². The van der Waals surface area contributed by atoms with Crippen LogP contribution in [0.15, 0.2) is 48.5 Å². The summed E-state index contributed by atoms with van der Waals surface area (Å²) in [7, 11) is 0. The number of hydrogen-bond acceptors (Lipinski definition) is 3. The fourth-order valence-electron chi connectivity index (χ4n) is 1.67. The quantitative estimate of drug-likeness (QED) is 0.510. The number of nitro benzene ring substituents is 1.